The van der Waals surface area contributed by atoms with Gasteiger partial charge in [-0.25, -0.2) is 0 Å². The summed E-state index contributed by atoms with van der Waals surface area (Å²) in [5.41, 5.74) is 0.730. The molecule has 0 saturated carbocycles. The fourth-order valence-corrected chi connectivity index (χ4v) is 1.07. The number of amides is 1. The highest BCUT2D eigenvalue weighted by Crippen LogP contribution is 2.22. The number of hydrogen-bond donors (Lipinski definition) is 2. The second kappa shape index (κ2) is 2.42. The monoisotopic (exact) mass is 153 g/mol. The maximum absolute atomic E-state index is 11.0. The van der Waals surface area contributed by atoms with Crippen LogP contribution in [0.4, 0.5) is 0 Å². The molecule has 11 heavy (non-hydrogen) atoms. The van der Waals surface area contributed by atoms with Gasteiger partial charge in [0.25, 0.3) is 5.91 Å². The van der Waals surface area contributed by atoms with Crippen LogP contribution in [0.15, 0.2) is 23.6 Å². The van der Waals surface area contributed by atoms with E-state index in [9.17, 15) is 9.90 Å². The highest BCUT2D eigenvalue weighted by molar-refractivity contribution is 5.99. The molecule has 1 amide bonds. The van der Waals surface area contributed by atoms with E-state index in [4.69, 9.17) is 0 Å². The van der Waals surface area contributed by atoms with E-state index in [-0.39, 0.29) is 17.6 Å². The Balaban J connectivity index is 3.07. The Morgan fingerprint density at radius 1 is 1.55 bits per heavy atom. The summed E-state index contributed by atoms with van der Waals surface area (Å²) in [7, 11) is 0. The molecule has 60 valence electrons. The van der Waals surface area contributed by atoms with Crippen LogP contribution in [0.2, 0.25) is 0 Å². The van der Waals surface area contributed by atoms with Crippen LogP contribution in [0.1, 0.15) is 13.8 Å². The summed E-state index contributed by atoms with van der Waals surface area (Å²) in [5, 5.41) is 11.7. The van der Waals surface area contributed by atoms with Gasteiger partial charge in [-0.2, -0.15) is 0 Å². The maximum Gasteiger partial charge on any atom is 0.255 e. The predicted octanol–water partition coefficient (Wildman–Crippen LogP) is 1.10. The molecule has 1 heterocycles. The molecule has 1 aliphatic rings. The number of aliphatic hydroxyl groups excluding tert-OH is 1. The first-order chi connectivity index (χ1) is 5.04. The number of hydrogen-bond acceptors (Lipinski definition) is 2. The molecule has 0 saturated heterocycles. The van der Waals surface area contributed by atoms with Gasteiger partial charge in [-0.05, 0) is 5.92 Å². The summed E-state index contributed by atoms with van der Waals surface area (Å²) in [4.78, 5) is 11.0. The van der Waals surface area contributed by atoms with E-state index >= 15 is 0 Å². The smallest absolute Gasteiger partial charge is 0.255 e. The lowest BCUT2D eigenvalue weighted by Crippen LogP contribution is -2.17. The Morgan fingerprint density at radius 3 is 2.27 bits per heavy atom. The van der Waals surface area contributed by atoms with Gasteiger partial charge in [0.15, 0.2) is 0 Å². The summed E-state index contributed by atoms with van der Waals surface area (Å²) >= 11 is 0. The van der Waals surface area contributed by atoms with Gasteiger partial charge in [-0.15, -0.1) is 0 Å². The Labute approximate surface area is 65.4 Å². The molecule has 3 heteroatoms. The Bertz CT molecular complexity index is 251. The first-order valence-electron chi connectivity index (χ1n) is 3.47. The molecule has 0 spiro atoms. The van der Waals surface area contributed by atoms with Crippen LogP contribution < -0.4 is 5.32 Å². The Hall–Kier alpha value is -1.25. The fraction of sp³-hybridized carbons (Fsp3) is 0.375. The standard InChI is InChI=1S/C8H11NO2/c1-4(2)6-7(10)5(3)9-8(6)11/h4,10H,3H2,1-2H3,(H,9,11). The zero-order valence-corrected chi connectivity index (χ0v) is 6.64. The summed E-state index contributed by atoms with van der Waals surface area (Å²) in [6.45, 7) is 7.18. The van der Waals surface area contributed by atoms with E-state index in [1.807, 2.05) is 13.8 Å². The minimum absolute atomic E-state index is 0.00463. The van der Waals surface area contributed by atoms with Crippen LogP contribution in [0.25, 0.3) is 0 Å². The van der Waals surface area contributed by atoms with Gasteiger partial charge in [0.2, 0.25) is 0 Å². The van der Waals surface area contributed by atoms with Crippen molar-refractivity contribution in [3.8, 4) is 0 Å². The molecule has 3 nitrogen and oxygen atoms in total. The van der Waals surface area contributed by atoms with Crippen LogP contribution in [0.3, 0.4) is 0 Å². The fourth-order valence-electron chi connectivity index (χ4n) is 1.07. The van der Waals surface area contributed by atoms with Crippen molar-refractivity contribution in [1.29, 1.82) is 0 Å². The van der Waals surface area contributed by atoms with Crippen LogP contribution in [-0.4, -0.2) is 11.0 Å². The molecular weight excluding hydrogens is 142 g/mol. The van der Waals surface area contributed by atoms with Gasteiger partial charge >= 0.3 is 0 Å². The SMILES string of the molecule is C=C1NC(=O)C(C(C)C)=C1O. The minimum atomic E-state index is -0.234. The number of carbonyl (C=O) groups excluding carboxylic acids is 1. The van der Waals surface area contributed by atoms with Crippen molar-refractivity contribution in [2.75, 3.05) is 0 Å². The minimum Gasteiger partial charge on any atom is -0.505 e. The van der Waals surface area contributed by atoms with Crippen molar-refractivity contribution < 1.29 is 9.90 Å². The average molecular weight is 153 g/mol. The molecule has 0 aromatic heterocycles. The van der Waals surface area contributed by atoms with Crippen molar-refractivity contribution in [1.82, 2.24) is 5.32 Å². The number of rotatable bonds is 1. The number of nitrogens with one attached hydrogen (secondary N) is 1. The molecule has 2 N–H and O–H groups in total. The van der Waals surface area contributed by atoms with Gasteiger partial charge in [-0.1, -0.05) is 20.4 Å². The molecule has 0 radical (unpaired) electrons. The van der Waals surface area contributed by atoms with E-state index in [1.165, 1.54) is 0 Å². The third-order valence-corrected chi connectivity index (χ3v) is 1.63. The van der Waals surface area contributed by atoms with E-state index < -0.39 is 0 Å². The van der Waals surface area contributed by atoms with Crippen LogP contribution >= 0.6 is 0 Å². The van der Waals surface area contributed by atoms with Gasteiger partial charge in [0.05, 0.1) is 11.3 Å². The normalized spacial score (nSPS) is 18.1. The third-order valence-electron chi connectivity index (χ3n) is 1.63. The molecule has 1 aliphatic heterocycles. The molecule has 0 fully saturated rings. The summed E-state index contributed by atoms with van der Waals surface area (Å²) in [5.74, 6) is -0.193. The molecule has 0 aromatic carbocycles. The van der Waals surface area contributed by atoms with E-state index in [2.05, 4.69) is 11.9 Å². The summed E-state index contributed by atoms with van der Waals surface area (Å²) in [6, 6.07) is 0. The topological polar surface area (TPSA) is 49.3 Å². The highest BCUT2D eigenvalue weighted by atomic mass is 16.3. The van der Waals surface area contributed by atoms with Gasteiger partial charge in [0.1, 0.15) is 5.76 Å². The van der Waals surface area contributed by atoms with Gasteiger partial charge < -0.3 is 10.4 Å². The van der Waals surface area contributed by atoms with Crippen molar-refractivity contribution >= 4 is 5.91 Å². The average Bonchev–Trinajstić information content (AvgIpc) is 2.07. The van der Waals surface area contributed by atoms with Crippen LogP contribution in [0.5, 0.6) is 0 Å². The predicted molar refractivity (Wildman–Crippen MR) is 41.8 cm³/mol. The molecule has 1 rings (SSSR count). The molecule has 0 aliphatic carbocycles. The second-order valence-corrected chi connectivity index (χ2v) is 2.85. The second-order valence-electron chi connectivity index (χ2n) is 2.85. The zero-order valence-electron chi connectivity index (χ0n) is 6.64. The lowest BCUT2D eigenvalue weighted by atomic mass is 10.0. The van der Waals surface area contributed by atoms with Gasteiger partial charge in [0, 0.05) is 0 Å². The Kier molecular flexibility index (Phi) is 1.72. The number of aliphatic hydroxyl groups is 1. The number of carbonyl (C=O) groups is 1. The van der Waals surface area contributed by atoms with Crippen molar-refractivity contribution in [2.24, 2.45) is 5.92 Å². The van der Waals surface area contributed by atoms with Crippen molar-refractivity contribution in [2.45, 2.75) is 13.8 Å². The van der Waals surface area contributed by atoms with Gasteiger partial charge in [-0.3, -0.25) is 4.79 Å². The van der Waals surface area contributed by atoms with Crippen molar-refractivity contribution in [3.63, 3.8) is 0 Å². The lowest BCUT2D eigenvalue weighted by Gasteiger charge is -2.01. The quantitative estimate of drug-likeness (QED) is 0.592. The van der Waals surface area contributed by atoms with Crippen LogP contribution in [0, 0.1) is 5.92 Å². The molecule has 0 unspecified atom stereocenters. The van der Waals surface area contributed by atoms with E-state index in [0.29, 0.717) is 11.3 Å². The van der Waals surface area contributed by atoms with Crippen molar-refractivity contribution in [3.05, 3.63) is 23.6 Å². The van der Waals surface area contributed by atoms with E-state index in [1.54, 1.807) is 0 Å². The largest absolute Gasteiger partial charge is 0.505 e. The molecule has 0 aromatic rings. The lowest BCUT2D eigenvalue weighted by molar-refractivity contribution is -0.116. The molecule has 0 bridgehead atoms. The molecular formula is C8H11NO2. The summed E-state index contributed by atoms with van der Waals surface area (Å²) < 4.78 is 0. The molecule has 0 atom stereocenters. The maximum atomic E-state index is 11.0. The van der Waals surface area contributed by atoms with Crippen LogP contribution in [-0.2, 0) is 4.79 Å². The zero-order chi connectivity index (χ0) is 8.59. The third kappa shape index (κ3) is 1.13. The van der Waals surface area contributed by atoms with E-state index in [0.717, 1.165) is 0 Å². The highest BCUT2D eigenvalue weighted by Gasteiger charge is 2.27. The Morgan fingerprint density at radius 2 is 2.09 bits per heavy atom. The first kappa shape index (κ1) is 7.85. The summed E-state index contributed by atoms with van der Waals surface area (Å²) in [6.07, 6.45) is 0. The first-order valence-corrected chi connectivity index (χ1v) is 3.47.